The molecule has 0 heterocycles. The number of amides is 2. The summed E-state index contributed by atoms with van der Waals surface area (Å²) in [5.41, 5.74) is 6.28. The van der Waals surface area contributed by atoms with E-state index in [9.17, 15) is 9.59 Å². The fourth-order valence-electron chi connectivity index (χ4n) is 2.10. The van der Waals surface area contributed by atoms with Gasteiger partial charge in [-0.3, -0.25) is 9.59 Å². The molecule has 2 unspecified atom stereocenters. The lowest BCUT2D eigenvalue weighted by Crippen LogP contribution is -2.33. The standard InChI is InChI=1S/C20H20Cl2N4O2S/c1-13(19(27)25-23-11-15-7-3-5-9-17(15)21)29-14(2)20(28)26-24-12-16-8-4-6-10-18(16)22/h3-14H,1-2H3,(H,25,27)(H,26,28)/b23-11-,24-12?. The third-order valence-electron chi connectivity index (χ3n) is 3.71. The third kappa shape index (κ3) is 7.53. The Morgan fingerprint density at radius 1 is 0.828 bits per heavy atom. The lowest BCUT2D eigenvalue weighted by atomic mass is 10.2. The van der Waals surface area contributed by atoms with Crippen LogP contribution in [0, 0.1) is 0 Å². The average molecular weight is 451 g/mol. The van der Waals surface area contributed by atoms with Crippen LogP contribution in [-0.4, -0.2) is 34.7 Å². The summed E-state index contributed by atoms with van der Waals surface area (Å²) in [4.78, 5) is 24.3. The van der Waals surface area contributed by atoms with E-state index >= 15 is 0 Å². The maximum atomic E-state index is 12.2. The molecule has 0 saturated heterocycles. The van der Waals surface area contributed by atoms with Crippen molar-refractivity contribution in [2.45, 2.75) is 24.3 Å². The molecule has 0 fully saturated rings. The number of carbonyl (C=O) groups excluding carboxylic acids is 2. The predicted molar refractivity (Wildman–Crippen MR) is 121 cm³/mol. The third-order valence-corrected chi connectivity index (χ3v) is 5.65. The molecule has 0 bridgehead atoms. The number of carbonyl (C=O) groups is 2. The van der Waals surface area contributed by atoms with Gasteiger partial charge in [-0.15, -0.1) is 11.8 Å². The quantitative estimate of drug-likeness (QED) is 0.468. The van der Waals surface area contributed by atoms with Crippen molar-refractivity contribution in [3.05, 3.63) is 69.7 Å². The van der Waals surface area contributed by atoms with Gasteiger partial charge >= 0.3 is 0 Å². The molecule has 152 valence electrons. The molecule has 29 heavy (non-hydrogen) atoms. The van der Waals surface area contributed by atoms with Crippen molar-refractivity contribution in [2.75, 3.05) is 0 Å². The number of nitrogens with zero attached hydrogens (tertiary/aromatic N) is 2. The molecule has 6 nitrogen and oxygen atoms in total. The molecule has 0 aliphatic carbocycles. The minimum Gasteiger partial charge on any atom is -0.272 e. The predicted octanol–water partition coefficient (Wildman–Crippen LogP) is 4.10. The first-order valence-electron chi connectivity index (χ1n) is 8.69. The molecule has 2 rings (SSSR count). The molecule has 9 heteroatoms. The van der Waals surface area contributed by atoms with E-state index in [1.54, 1.807) is 38.1 Å². The highest BCUT2D eigenvalue weighted by atomic mass is 35.5. The van der Waals surface area contributed by atoms with Crippen LogP contribution in [-0.2, 0) is 9.59 Å². The van der Waals surface area contributed by atoms with Gasteiger partial charge in [-0.1, -0.05) is 59.6 Å². The Morgan fingerprint density at radius 2 is 1.21 bits per heavy atom. The highest BCUT2D eigenvalue weighted by Crippen LogP contribution is 2.18. The Bertz CT molecular complexity index is 847. The highest BCUT2D eigenvalue weighted by Gasteiger charge is 2.21. The molecule has 0 aromatic heterocycles. The Morgan fingerprint density at radius 3 is 1.59 bits per heavy atom. The van der Waals surface area contributed by atoms with Crippen LogP contribution in [0.3, 0.4) is 0 Å². The summed E-state index contributed by atoms with van der Waals surface area (Å²) in [6.45, 7) is 3.39. The van der Waals surface area contributed by atoms with Crippen molar-refractivity contribution >= 4 is 59.2 Å². The van der Waals surface area contributed by atoms with E-state index in [0.29, 0.717) is 21.2 Å². The molecule has 2 aromatic rings. The van der Waals surface area contributed by atoms with Crippen LogP contribution in [0.25, 0.3) is 0 Å². The number of hydrogen-bond donors (Lipinski definition) is 2. The van der Waals surface area contributed by atoms with E-state index in [4.69, 9.17) is 23.2 Å². The molecular formula is C20H20Cl2N4O2S. The van der Waals surface area contributed by atoms with Crippen LogP contribution in [0.5, 0.6) is 0 Å². The van der Waals surface area contributed by atoms with Crippen LogP contribution in [0.2, 0.25) is 10.0 Å². The molecule has 2 amide bonds. The lowest BCUT2D eigenvalue weighted by Gasteiger charge is -2.14. The first-order chi connectivity index (χ1) is 13.9. The maximum Gasteiger partial charge on any atom is 0.252 e. The summed E-state index contributed by atoms with van der Waals surface area (Å²) < 4.78 is 0. The smallest absolute Gasteiger partial charge is 0.252 e. The van der Waals surface area contributed by atoms with Gasteiger partial charge in [0, 0.05) is 21.2 Å². The van der Waals surface area contributed by atoms with Gasteiger partial charge < -0.3 is 0 Å². The summed E-state index contributed by atoms with van der Waals surface area (Å²) in [5, 5.41) is 7.90. The Labute approximate surface area is 183 Å². The normalized spacial score (nSPS) is 13.4. The topological polar surface area (TPSA) is 82.9 Å². The van der Waals surface area contributed by atoms with Crippen molar-refractivity contribution in [1.29, 1.82) is 0 Å². The zero-order valence-electron chi connectivity index (χ0n) is 15.8. The number of hydrogen-bond acceptors (Lipinski definition) is 5. The SMILES string of the molecule is CC(SC(C)C(=O)N/N=C\c1ccccc1Cl)C(=O)NN=Cc1ccccc1Cl. The van der Waals surface area contributed by atoms with Gasteiger partial charge in [0.1, 0.15) is 0 Å². The zero-order chi connectivity index (χ0) is 21.2. The number of halogens is 2. The molecule has 2 N–H and O–H groups in total. The Kier molecular flexibility index (Phi) is 9.18. The Balaban J connectivity index is 1.80. The second kappa shape index (κ2) is 11.6. The largest absolute Gasteiger partial charge is 0.272 e. The van der Waals surface area contributed by atoms with E-state index < -0.39 is 10.5 Å². The number of nitrogens with one attached hydrogen (secondary N) is 2. The zero-order valence-corrected chi connectivity index (χ0v) is 18.1. The summed E-state index contributed by atoms with van der Waals surface area (Å²) in [6, 6.07) is 14.3. The van der Waals surface area contributed by atoms with E-state index in [2.05, 4.69) is 21.1 Å². The Hall–Kier alpha value is -2.35. The minimum atomic E-state index is -0.494. The number of rotatable bonds is 8. The van der Waals surface area contributed by atoms with Crippen LogP contribution in [0.1, 0.15) is 25.0 Å². The molecule has 2 aromatic carbocycles. The summed E-state index contributed by atoms with van der Waals surface area (Å²) in [5.74, 6) is -0.643. The van der Waals surface area contributed by atoms with Crippen molar-refractivity contribution < 1.29 is 9.59 Å². The van der Waals surface area contributed by atoms with Gasteiger partial charge in [-0.25, -0.2) is 10.9 Å². The van der Waals surface area contributed by atoms with Crippen molar-refractivity contribution in [2.24, 2.45) is 10.2 Å². The van der Waals surface area contributed by atoms with Crippen molar-refractivity contribution in [1.82, 2.24) is 10.9 Å². The summed E-state index contributed by atoms with van der Waals surface area (Å²) in [7, 11) is 0. The van der Waals surface area contributed by atoms with Crippen molar-refractivity contribution in [3.8, 4) is 0 Å². The van der Waals surface area contributed by atoms with Gasteiger partial charge in [0.2, 0.25) is 0 Å². The molecule has 2 atom stereocenters. The fraction of sp³-hybridized carbons (Fsp3) is 0.200. The van der Waals surface area contributed by atoms with Gasteiger partial charge in [0.25, 0.3) is 11.8 Å². The van der Waals surface area contributed by atoms with E-state index in [1.807, 2.05) is 24.3 Å². The monoisotopic (exact) mass is 450 g/mol. The number of benzene rings is 2. The van der Waals surface area contributed by atoms with Crippen LogP contribution in [0.15, 0.2) is 58.7 Å². The lowest BCUT2D eigenvalue weighted by molar-refractivity contribution is -0.120. The number of hydrazone groups is 2. The minimum absolute atomic E-state index is 0.322. The second-order valence-electron chi connectivity index (χ2n) is 5.93. The molecule has 0 radical (unpaired) electrons. The first kappa shape index (κ1) is 22.9. The molecule has 0 spiro atoms. The van der Waals surface area contributed by atoms with Gasteiger partial charge in [0.05, 0.1) is 22.9 Å². The van der Waals surface area contributed by atoms with E-state index in [-0.39, 0.29) is 11.8 Å². The molecule has 0 saturated carbocycles. The highest BCUT2D eigenvalue weighted by molar-refractivity contribution is 8.01. The number of thioether (sulfide) groups is 1. The van der Waals surface area contributed by atoms with Gasteiger partial charge in [-0.05, 0) is 26.0 Å². The van der Waals surface area contributed by atoms with Crippen molar-refractivity contribution in [3.63, 3.8) is 0 Å². The maximum absolute atomic E-state index is 12.2. The molecule has 0 aliphatic rings. The van der Waals surface area contributed by atoms with E-state index in [1.165, 1.54) is 24.2 Å². The average Bonchev–Trinajstić information content (AvgIpc) is 2.70. The van der Waals surface area contributed by atoms with E-state index in [0.717, 1.165) is 0 Å². The summed E-state index contributed by atoms with van der Waals surface area (Å²) in [6.07, 6.45) is 2.94. The van der Waals surface area contributed by atoms with Crippen LogP contribution >= 0.6 is 35.0 Å². The fourth-order valence-corrected chi connectivity index (χ4v) is 3.44. The van der Waals surface area contributed by atoms with Crippen LogP contribution < -0.4 is 10.9 Å². The van der Waals surface area contributed by atoms with Gasteiger partial charge in [0.15, 0.2) is 0 Å². The second-order valence-corrected chi connectivity index (χ2v) is 8.43. The van der Waals surface area contributed by atoms with Gasteiger partial charge in [-0.2, -0.15) is 10.2 Å². The summed E-state index contributed by atoms with van der Waals surface area (Å²) >= 11 is 13.2. The molecule has 0 aliphatic heterocycles. The first-order valence-corrected chi connectivity index (χ1v) is 10.4. The molecular weight excluding hydrogens is 431 g/mol. The van der Waals surface area contributed by atoms with Crippen LogP contribution in [0.4, 0.5) is 0 Å².